The van der Waals surface area contributed by atoms with E-state index in [0.717, 1.165) is 4.88 Å². The molecule has 0 bridgehead atoms. The fourth-order valence-corrected chi connectivity index (χ4v) is 4.21. The van der Waals surface area contributed by atoms with Gasteiger partial charge in [0.1, 0.15) is 11.7 Å². The van der Waals surface area contributed by atoms with Gasteiger partial charge < -0.3 is 10.1 Å². The van der Waals surface area contributed by atoms with Crippen molar-refractivity contribution in [2.45, 2.75) is 45.2 Å². The lowest BCUT2D eigenvalue weighted by atomic mass is 9.83. The molecule has 0 saturated carbocycles. The Labute approximate surface area is 172 Å². The Morgan fingerprint density at radius 2 is 2.28 bits per heavy atom. The molecule has 29 heavy (non-hydrogen) atoms. The molecule has 1 aromatic rings. The number of hydrogen-bond acceptors (Lipinski definition) is 6. The van der Waals surface area contributed by atoms with Crippen molar-refractivity contribution in [2.75, 3.05) is 13.2 Å². The Hall–Kier alpha value is -2.84. The van der Waals surface area contributed by atoms with Crippen molar-refractivity contribution in [3.63, 3.8) is 0 Å². The van der Waals surface area contributed by atoms with Crippen LogP contribution in [0, 0.1) is 5.92 Å². The van der Waals surface area contributed by atoms with Gasteiger partial charge in [-0.2, -0.15) is 0 Å². The lowest BCUT2D eigenvalue weighted by molar-refractivity contribution is -0.158. The first-order chi connectivity index (χ1) is 13.9. The van der Waals surface area contributed by atoms with Crippen molar-refractivity contribution < 1.29 is 19.1 Å². The molecule has 1 aromatic heterocycles. The molecular formula is C19H23N5O4S. The zero-order valence-corrected chi connectivity index (χ0v) is 17.1. The van der Waals surface area contributed by atoms with E-state index < -0.39 is 12.0 Å². The highest BCUT2D eigenvalue weighted by molar-refractivity contribution is 7.10. The van der Waals surface area contributed by atoms with E-state index in [2.05, 4.69) is 15.3 Å². The number of thiophene rings is 1. The van der Waals surface area contributed by atoms with E-state index in [-0.39, 0.29) is 49.0 Å². The van der Waals surface area contributed by atoms with Crippen LogP contribution >= 0.6 is 11.3 Å². The number of fused-ring (bicyclic) bond motifs is 1. The van der Waals surface area contributed by atoms with Crippen LogP contribution in [0.15, 0.2) is 33.9 Å². The maximum Gasteiger partial charge on any atom is 0.355 e. The van der Waals surface area contributed by atoms with E-state index in [1.807, 2.05) is 31.4 Å². The molecule has 3 rings (SSSR count). The smallest absolute Gasteiger partial charge is 0.355 e. The first-order valence-corrected chi connectivity index (χ1v) is 10.3. The van der Waals surface area contributed by atoms with Gasteiger partial charge in [-0.15, -0.1) is 11.3 Å². The van der Waals surface area contributed by atoms with Crippen molar-refractivity contribution >= 4 is 29.1 Å². The molecule has 2 aliphatic heterocycles. The quantitative estimate of drug-likeness (QED) is 0.229. The molecule has 2 aliphatic rings. The zero-order valence-electron chi connectivity index (χ0n) is 16.3. The van der Waals surface area contributed by atoms with Gasteiger partial charge in [-0.3, -0.25) is 14.5 Å². The molecule has 0 unspecified atom stereocenters. The van der Waals surface area contributed by atoms with Crippen LogP contribution in [0.3, 0.4) is 0 Å². The normalized spacial score (nSPS) is 20.7. The van der Waals surface area contributed by atoms with Crippen molar-refractivity contribution in [2.24, 2.45) is 11.0 Å². The molecule has 9 nitrogen and oxygen atoms in total. The Bertz CT molecular complexity index is 873. The molecule has 10 heteroatoms. The molecule has 0 aliphatic carbocycles. The number of carbonyl (C=O) groups excluding carboxylic acids is 3. The van der Waals surface area contributed by atoms with Crippen LogP contribution in [-0.4, -0.2) is 47.9 Å². The van der Waals surface area contributed by atoms with Crippen LogP contribution in [0.25, 0.3) is 10.4 Å². The monoisotopic (exact) mass is 417 g/mol. The maximum atomic E-state index is 12.8. The summed E-state index contributed by atoms with van der Waals surface area (Å²) in [6, 6.07) is 2.78. The molecule has 2 atom stereocenters. The highest BCUT2D eigenvalue weighted by Gasteiger charge is 2.53. The minimum absolute atomic E-state index is 0.00845. The molecule has 1 N–H and O–H groups in total. The van der Waals surface area contributed by atoms with Gasteiger partial charge in [0.05, 0.1) is 19.1 Å². The van der Waals surface area contributed by atoms with Crippen LogP contribution in [-0.2, 0) is 25.5 Å². The second-order valence-electron chi connectivity index (χ2n) is 7.45. The van der Waals surface area contributed by atoms with Gasteiger partial charge in [-0.1, -0.05) is 25.0 Å². The van der Waals surface area contributed by atoms with Gasteiger partial charge in [0, 0.05) is 16.3 Å². The van der Waals surface area contributed by atoms with Gasteiger partial charge in [-0.25, -0.2) is 4.79 Å². The first kappa shape index (κ1) is 20.9. The summed E-state index contributed by atoms with van der Waals surface area (Å²) < 4.78 is 5.33. The van der Waals surface area contributed by atoms with E-state index in [1.54, 1.807) is 0 Å². The summed E-state index contributed by atoms with van der Waals surface area (Å²) in [4.78, 5) is 42.8. The van der Waals surface area contributed by atoms with E-state index in [4.69, 9.17) is 10.3 Å². The average Bonchev–Trinajstić information content (AvgIpc) is 3.20. The number of amides is 2. The Morgan fingerprint density at radius 3 is 2.93 bits per heavy atom. The number of hydrogen-bond donors (Lipinski definition) is 1. The molecule has 0 radical (unpaired) electrons. The maximum absolute atomic E-state index is 12.8. The molecule has 2 amide bonds. The first-order valence-electron chi connectivity index (χ1n) is 9.47. The second kappa shape index (κ2) is 9.11. The zero-order chi connectivity index (χ0) is 21.0. The van der Waals surface area contributed by atoms with Crippen LogP contribution in [0.2, 0.25) is 0 Å². The fraction of sp³-hybridized carbons (Fsp3) is 0.526. The molecule has 0 aromatic carbocycles. The van der Waals surface area contributed by atoms with E-state index in [1.165, 1.54) is 16.2 Å². The van der Waals surface area contributed by atoms with Crippen LogP contribution in [0.4, 0.5) is 0 Å². The molecule has 1 saturated heterocycles. The number of β-lactam (4-membered cyclic amide) rings is 1. The molecule has 154 valence electrons. The van der Waals surface area contributed by atoms with E-state index in [0.29, 0.717) is 18.4 Å². The molecule has 1 fully saturated rings. The highest BCUT2D eigenvalue weighted by Crippen LogP contribution is 2.37. The Morgan fingerprint density at radius 1 is 1.48 bits per heavy atom. The predicted molar refractivity (Wildman–Crippen MR) is 107 cm³/mol. The Balaban J connectivity index is 1.73. The van der Waals surface area contributed by atoms with Crippen LogP contribution < -0.4 is 5.32 Å². The van der Waals surface area contributed by atoms with Gasteiger partial charge in [0.25, 0.3) is 5.91 Å². The summed E-state index contributed by atoms with van der Waals surface area (Å²) in [6.07, 6.45) is 1.29. The third kappa shape index (κ3) is 4.60. The number of azide groups is 1. The minimum atomic E-state index is -0.656. The second-order valence-corrected chi connectivity index (χ2v) is 8.48. The summed E-state index contributed by atoms with van der Waals surface area (Å²) in [5.41, 5.74) is 9.36. The van der Waals surface area contributed by atoms with Crippen LogP contribution in [0.5, 0.6) is 0 Å². The third-order valence-corrected chi connectivity index (χ3v) is 5.71. The summed E-state index contributed by atoms with van der Waals surface area (Å²) in [5.74, 6) is -1.01. The Kier molecular flexibility index (Phi) is 6.56. The summed E-state index contributed by atoms with van der Waals surface area (Å²) in [5, 5.41) is 8.23. The van der Waals surface area contributed by atoms with Crippen molar-refractivity contribution in [1.29, 1.82) is 0 Å². The topological polar surface area (TPSA) is 124 Å². The lowest BCUT2D eigenvalue weighted by Gasteiger charge is -2.50. The van der Waals surface area contributed by atoms with Gasteiger partial charge >= 0.3 is 5.97 Å². The van der Waals surface area contributed by atoms with Gasteiger partial charge in [0.15, 0.2) is 0 Å². The summed E-state index contributed by atoms with van der Waals surface area (Å²) in [7, 11) is 0. The number of nitrogens with zero attached hydrogens (tertiary/aromatic N) is 4. The largest absolute Gasteiger partial charge is 0.461 e. The summed E-state index contributed by atoms with van der Waals surface area (Å²) >= 11 is 1.48. The number of carbonyl (C=O) groups is 3. The van der Waals surface area contributed by atoms with Crippen molar-refractivity contribution in [3.8, 4) is 0 Å². The summed E-state index contributed by atoms with van der Waals surface area (Å²) in [6.45, 7) is 4.07. The van der Waals surface area contributed by atoms with Gasteiger partial charge in [-0.05, 0) is 41.3 Å². The van der Waals surface area contributed by atoms with E-state index >= 15 is 0 Å². The van der Waals surface area contributed by atoms with Crippen molar-refractivity contribution in [1.82, 2.24) is 10.2 Å². The third-order valence-electron chi connectivity index (χ3n) is 4.83. The fourth-order valence-electron chi connectivity index (χ4n) is 3.51. The SMILES string of the molecule is CC(C)COC(=O)C1=C(CN=[N+]=[N-])CC[C@@H]2[C@H](NC(=O)Cc3cccs3)C(=O)N12. The number of esters is 1. The lowest BCUT2D eigenvalue weighted by Crippen LogP contribution is -2.71. The molecule has 0 spiro atoms. The van der Waals surface area contributed by atoms with Crippen LogP contribution in [0.1, 0.15) is 31.6 Å². The highest BCUT2D eigenvalue weighted by atomic mass is 32.1. The average molecular weight is 417 g/mol. The predicted octanol–water partition coefficient (Wildman–Crippen LogP) is 2.54. The standard InChI is InChI=1S/C19H23N5O4S/c1-11(2)10-28-19(27)17-12(9-21-23-20)5-6-14-16(18(26)24(14)17)22-15(25)8-13-4-3-7-29-13/h3-4,7,11,14,16H,5-6,8-10H2,1-2H3,(H,22,25)/t14-,16+/m1/s1. The van der Waals surface area contributed by atoms with Crippen molar-refractivity contribution in [3.05, 3.63) is 44.1 Å². The number of ether oxygens (including phenoxy) is 1. The van der Waals surface area contributed by atoms with Gasteiger partial charge in [0.2, 0.25) is 5.91 Å². The molecule has 3 heterocycles. The van der Waals surface area contributed by atoms with E-state index in [9.17, 15) is 14.4 Å². The minimum Gasteiger partial charge on any atom is -0.461 e. The number of nitrogens with one attached hydrogen (secondary N) is 1. The molecular weight excluding hydrogens is 394 g/mol. The number of rotatable bonds is 8.